The lowest BCUT2D eigenvalue weighted by molar-refractivity contribution is 0.00658. The van der Waals surface area contributed by atoms with E-state index < -0.39 is 17.5 Å². The second kappa shape index (κ2) is 5.10. The SMILES string of the molecule is Cc1cc(C(=O)O)c(C(=O)OC(C)(C)C)cc1Br. The lowest BCUT2D eigenvalue weighted by Gasteiger charge is -2.20. The first-order chi connectivity index (χ1) is 8.11. The molecule has 0 bridgehead atoms. The first kappa shape index (κ1) is 14.7. The van der Waals surface area contributed by atoms with Gasteiger partial charge in [0.1, 0.15) is 5.60 Å². The van der Waals surface area contributed by atoms with E-state index in [0.29, 0.717) is 4.47 Å². The number of aromatic carboxylic acids is 1. The van der Waals surface area contributed by atoms with E-state index >= 15 is 0 Å². The van der Waals surface area contributed by atoms with E-state index in [0.717, 1.165) is 5.56 Å². The highest BCUT2D eigenvalue weighted by Gasteiger charge is 2.23. The lowest BCUT2D eigenvalue weighted by atomic mass is 10.0. The van der Waals surface area contributed by atoms with Crippen LogP contribution in [-0.4, -0.2) is 22.6 Å². The van der Waals surface area contributed by atoms with Crippen molar-refractivity contribution < 1.29 is 19.4 Å². The second-order valence-corrected chi connectivity index (χ2v) is 5.81. The summed E-state index contributed by atoms with van der Waals surface area (Å²) in [6.45, 7) is 6.95. The summed E-state index contributed by atoms with van der Waals surface area (Å²) in [5, 5.41) is 9.11. The number of carboxylic acid groups (broad SMARTS) is 1. The van der Waals surface area contributed by atoms with Crippen LogP contribution in [0.5, 0.6) is 0 Å². The highest BCUT2D eigenvalue weighted by atomic mass is 79.9. The Kier molecular flexibility index (Phi) is 4.16. The number of ether oxygens (including phenoxy) is 1. The fourth-order valence-electron chi connectivity index (χ4n) is 1.36. The van der Waals surface area contributed by atoms with Gasteiger partial charge in [-0.3, -0.25) is 0 Å². The zero-order chi connectivity index (χ0) is 14.1. The molecule has 0 unspecified atom stereocenters. The normalized spacial score (nSPS) is 11.2. The van der Waals surface area contributed by atoms with Crippen LogP contribution in [0.25, 0.3) is 0 Å². The minimum atomic E-state index is -1.15. The van der Waals surface area contributed by atoms with Crippen LogP contribution in [-0.2, 0) is 4.74 Å². The number of benzene rings is 1. The molecule has 5 heteroatoms. The molecule has 1 N–H and O–H groups in total. The molecule has 0 saturated heterocycles. The number of hydrogen-bond donors (Lipinski definition) is 1. The summed E-state index contributed by atoms with van der Waals surface area (Å²) in [4.78, 5) is 23.1. The summed E-state index contributed by atoms with van der Waals surface area (Å²) in [5.74, 6) is -1.79. The molecule has 1 aromatic carbocycles. The predicted molar refractivity (Wildman–Crippen MR) is 71.0 cm³/mol. The van der Waals surface area contributed by atoms with Crippen molar-refractivity contribution in [3.8, 4) is 0 Å². The fraction of sp³-hybridized carbons (Fsp3) is 0.385. The molecular formula is C13H15BrO4. The number of esters is 1. The lowest BCUT2D eigenvalue weighted by Crippen LogP contribution is -2.25. The van der Waals surface area contributed by atoms with Gasteiger partial charge in [-0.2, -0.15) is 0 Å². The molecule has 0 aromatic heterocycles. The Morgan fingerprint density at radius 2 is 1.78 bits per heavy atom. The Bertz CT molecular complexity index is 500. The quantitative estimate of drug-likeness (QED) is 0.850. The van der Waals surface area contributed by atoms with E-state index in [-0.39, 0.29) is 11.1 Å². The van der Waals surface area contributed by atoms with Crippen molar-refractivity contribution in [2.45, 2.75) is 33.3 Å². The van der Waals surface area contributed by atoms with Crippen molar-refractivity contribution in [2.24, 2.45) is 0 Å². The number of carbonyl (C=O) groups is 2. The zero-order valence-corrected chi connectivity index (χ0v) is 12.3. The zero-order valence-electron chi connectivity index (χ0n) is 10.7. The third-order valence-corrected chi connectivity index (χ3v) is 3.00. The molecule has 0 atom stereocenters. The molecule has 1 aromatic rings. The van der Waals surface area contributed by atoms with Gasteiger partial charge in [-0.15, -0.1) is 0 Å². The summed E-state index contributed by atoms with van der Waals surface area (Å²) in [7, 11) is 0. The van der Waals surface area contributed by atoms with E-state index in [1.807, 2.05) is 0 Å². The minimum Gasteiger partial charge on any atom is -0.478 e. The topological polar surface area (TPSA) is 63.6 Å². The van der Waals surface area contributed by atoms with Crippen molar-refractivity contribution in [3.05, 3.63) is 33.3 Å². The van der Waals surface area contributed by atoms with E-state index in [1.54, 1.807) is 27.7 Å². The Morgan fingerprint density at radius 1 is 1.22 bits per heavy atom. The average molecular weight is 315 g/mol. The molecule has 4 nitrogen and oxygen atoms in total. The summed E-state index contributed by atoms with van der Waals surface area (Å²) >= 11 is 3.28. The number of halogens is 1. The maximum Gasteiger partial charge on any atom is 0.339 e. The van der Waals surface area contributed by atoms with Gasteiger partial charge in [0.05, 0.1) is 11.1 Å². The van der Waals surface area contributed by atoms with Gasteiger partial charge in [-0.05, 0) is 45.4 Å². The van der Waals surface area contributed by atoms with Gasteiger partial charge >= 0.3 is 11.9 Å². The smallest absolute Gasteiger partial charge is 0.339 e. The number of carbonyl (C=O) groups excluding carboxylic acids is 1. The highest BCUT2D eigenvalue weighted by molar-refractivity contribution is 9.10. The van der Waals surface area contributed by atoms with Crippen LogP contribution in [0.1, 0.15) is 47.1 Å². The maximum absolute atomic E-state index is 11.9. The van der Waals surface area contributed by atoms with Crippen LogP contribution < -0.4 is 0 Å². The minimum absolute atomic E-state index is 0.0508. The summed E-state index contributed by atoms with van der Waals surface area (Å²) < 4.78 is 5.86. The van der Waals surface area contributed by atoms with Crippen molar-refractivity contribution in [1.29, 1.82) is 0 Å². The average Bonchev–Trinajstić information content (AvgIpc) is 2.18. The first-order valence-electron chi connectivity index (χ1n) is 5.38. The van der Waals surface area contributed by atoms with Gasteiger partial charge in [0.25, 0.3) is 0 Å². The largest absolute Gasteiger partial charge is 0.478 e. The van der Waals surface area contributed by atoms with E-state index in [2.05, 4.69) is 15.9 Å². The third-order valence-electron chi connectivity index (χ3n) is 2.15. The van der Waals surface area contributed by atoms with Crippen LogP contribution in [0.3, 0.4) is 0 Å². The molecule has 18 heavy (non-hydrogen) atoms. The Hall–Kier alpha value is -1.36. The molecule has 0 heterocycles. The van der Waals surface area contributed by atoms with Gasteiger partial charge in [-0.25, -0.2) is 9.59 Å². The second-order valence-electron chi connectivity index (χ2n) is 4.95. The Balaban J connectivity index is 3.26. The van der Waals surface area contributed by atoms with E-state index in [9.17, 15) is 9.59 Å². The maximum atomic E-state index is 11.9. The molecule has 0 spiro atoms. The molecule has 0 aliphatic rings. The summed E-state index contributed by atoms with van der Waals surface area (Å²) in [6.07, 6.45) is 0. The number of hydrogen-bond acceptors (Lipinski definition) is 3. The molecule has 1 rings (SSSR count). The molecule has 0 fully saturated rings. The van der Waals surface area contributed by atoms with Crippen LogP contribution >= 0.6 is 15.9 Å². The summed E-state index contributed by atoms with van der Waals surface area (Å²) in [6, 6.07) is 2.93. The Labute approximate surface area is 114 Å². The van der Waals surface area contributed by atoms with Crippen molar-refractivity contribution in [2.75, 3.05) is 0 Å². The first-order valence-corrected chi connectivity index (χ1v) is 6.18. The van der Waals surface area contributed by atoms with Gasteiger partial charge < -0.3 is 9.84 Å². The molecule has 0 saturated carbocycles. The molecule has 0 aliphatic carbocycles. The molecule has 98 valence electrons. The number of aryl methyl sites for hydroxylation is 1. The Morgan fingerprint density at radius 3 is 2.22 bits per heavy atom. The molecular weight excluding hydrogens is 300 g/mol. The third kappa shape index (κ3) is 3.57. The monoisotopic (exact) mass is 314 g/mol. The fourth-order valence-corrected chi connectivity index (χ4v) is 1.70. The van der Waals surface area contributed by atoms with Gasteiger partial charge in [0.2, 0.25) is 0 Å². The van der Waals surface area contributed by atoms with Crippen molar-refractivity contribution >= 4 is 27.9 Å². The van der Waals surface area contributed by atoms with Gasteiger partial charge in [0, 0.05) is 4.47 Å². The van der Waals surface area contributed by atoms with Crippen molar-refractivity contribution in [3.63, 3.8) is 0 Å². The molecule has 0 amide bonds. The van der Waals surface area contributed by atoms with Crippen molar-refractivity contribution in [1.82, 2.24) is 0 Å². The van der Waals surface area contributed by atoms with E-state index in [1.165, 1.54) is 12.1 Å². The summed E-state index contributed by atoms with van der Waals surface area (Å²) in [5.41, 5.74) is 0.0871. The highest BCUT2D eigenvalue weighted by Crippen LogP contribution is 2.23. The van der Waals surface area contributed by atoms with Gasteiger partial charge in [-0.1, -0.05) is 15.9 Å². The number of carboxylic acids is 1. The molecule has 0 aliphatic heterocycles. The van der Waals surface area contributed by atoms with Crippen LogP contribution in [0.15, 0.2) is 16.6 Å². The predicted octanol–water partition coefficient (Wildman–Crippen LogP) is 3.41. The standard InChI is InChI=1S/C13H15BrO4/c1-7-5-8(11(15)16)9(6-10(7)14)12(17)18-13(2,3)4/h5-6H,1-4H3,(H,15,16). The molecule has 0 radical (unpaired) electrons. The number of rotatable bonds is 2. The van der Waals surface area contributed by atoms with E-state index in [4.69, 9.17) is 9.84 Å². The van der Waals surface area contributed by atoms with Crippen LogP contribution in [0, 0.1) is 6.92 Å². The van der Waals surface area contributed by atoms with Crippen LogP contribution in [0.4, 0.5) is 0 Å². The van der Waals surface area contributed by atoms with Gasteiger partial charge in [0.15, 0.2) is 0 Å². The van der Waals surface area contributed by atoms with Crippen LogP contribution in [0.2, 0.25) is 0 Å².